The highest BCUT2D eigenvalue weighted by Crippen LogP contribution is 2.34. The standard InChI is InChI=1S/C14H20N2O2/c1-3-14(2)4-6-16(7-5-14)13(18)11-8-12(17)10-15-9-11/h8-10,17H,3-7H2,1-2H3. The molecule has 1 saturated heterocycles. The minimum Gasteiger partial charge on any atom is -0.506 e. The van der Waals surface area contributed by atoms with Crippen LogP contribution in [0.4, 0.5) is 0 Å². The van der Waals surface area contributed by atoms with Gasteiger partial charge >= 0.3 is 0 Å². The number of likely N-dealkylation sites (tertiary alicyclic amines) is 1. The third-order valence-corrected chi connectivity index (χ3v) is 4.08. The van der Waals surface area contributed by atoms with E-state index in [1.807, 2.05) is 4.90 Å². The first-order chi connectivity index (χ1) is 8.54. The van der Waals surface area contributed by atoms with Gasteiger partial charge in [0.2, 0.25) is 0 Å². The number of rotatable bonds is 2. The quantitative estimate of drug-likeness (QED) is 0.874. The number of hydrogen-bond acceptors (Lipinski definition) is 3. The van der Waals surface area contributed by atoms with Crippen LogP contribution in [0.25, 0.3) is 0 Å². The zero-order valence-electron chi connectivity index (χ0n) is 11.0. The molecule has 1 fully saturated rings. The van der Waals surface area contributed by atoms with Crippen LogP contribution in [0.2, 0.25) is 0 Å². The van der Waals surface area contributed by atoms with Crippen LogP contribution in [0.5, 0.6) is 5.75 Å². The second-order valence-electron chi connectivity index (χ2n) is 5.39. The summed E-state index contributed by atoms with van der Waals surface area (Å²) < 4.78 is 0. The van der Waals surface area contributed by atoms with Crippen LogP contribution in [0, 0.1) is 5.41 Å². The monoisotopic (exact) mass is 248 g/mol. The van der Waals surface area contributed by atoms with E-state index in [-0.39, 0.29) is 11.7 Å². The molecular formula is C14H20N2O2. The second-order valence-corrected chi connectivity index (χ2v) is 5.39. The lowest BCUT2D eigenvalue weighted by Gasteiger charge is -2.38. The summed E-state index contributed by atoms with van der Waals surface area (Å²) in [7, 11) is 0. The van der Waals surface area contributed by atoms with Crippen molar-refractivity contribution in [3.8, 4) is 5.75 Å². The van der Waals surface area contributed by atoms with Gasteiger partial charge in [0.15, 0.2) is 0 Å². The van der Waals surface area contributed by atoms with Crippen LogP contribution in [-0.4, -0.2) is 34.0 Å². The molecule has 4 heteroatoms. The zero-order valence-corrected chi connectivity index (χ0v) is 11.0. The van der Waals surface area contributed by atoms with E-state index >= 15 is 0 Å². The molecule has 0 saturated carbocycles. The van der Waals surface area contributed by atoms with Gasteiger partial charge in [0.25, 0.3) is 5.91 Å². The van der Waals surface area contributed by atoms with E-state index in [1.165, 1.54) is 18.5 Å². The van der Waals surface area contributed by atoms with E-state index in [4.69, 9.17) is 0 Å². The van der Waals surface area contributed by atoms with Gasteiger partial charge in [0.1, 0.15) is 5.75 Å². The molecule has 0 aliphatic carbocycles. The Hall–Kier alpha value is -1.58. The van der Waals surface area contributed by atoms with Gasteiger partial charge in [-0.1, -0.05) is 20.3 Å². The Labute approximate surface area is 108 Å². The molecule has 18 heavy (non-hydrogen) atoms. The summed E-state index contributed by atoms with van der Waals surface area (Å²) in [5.74, 6) is 0.00723. The third kappa shape index (κ3) is 2.63. The Bertz CT molecular complexity index is 437. The van der Waals surface area contributed by atoms with Crippen molar-refractivity contribution in [1.29, 1.82) is 0 Å². The molecule has 2 rings (SSSR count). The van der Waals surface area contributed by atoms with E-state index in [2.05, 4.69) is 18.8 Å². The Morgan fingerprint density at radius 1 is 1.44 bits per heavy atom. The van der Waals surface area contributed by atoms with E-state index in [1.54, 1.807) is 0 Å². The van der Waals surface area contributed by atoms with E-state index in [0.29, 0.717) is 11.0 Å². The van der Waals surface area contributed by atoms with Crippen molar-refractivity contribution < 1.29 is 9.90 Å². The van der Waals surface area contributed by atoms with E-state index in [0.717, 1.165) is 32.4 Å². The summed E-state index contributed by atoms with van der Waals surface area (Å²) in [4.78, 5) is 17.9. The highest BCUT2D eigenvalue weighted by molar-refractivity contribution is 5.94. The van der Waals surface area contributed by atoms with Crippen molar-refractivity contribution in [3.05, 3.63) is 24.0 Å². The molecule has 2 heterocycles. The van der Waals surface area contributed by atoms with Crippen molar-refractivity contribution in [3.63, 3.8) is 0 Å². The maximum absolute atomic E-state index is 12.2. The number of aromatic nitrogens is 1. The largest absolute Gasteiger partial charge is 0.506 e. The van der Waals surface area contributed by atoms with Crippen molar-refractivity contribution in [1.82, 2.24) is 9.88 Å². The number of pyridine rings is 1. The fourth-order valence-corrected chi connectivity index (χ4v) is 2.33. The van der Waals surface area contributed by atoms with Crippen LogP contribution in [0.3, 0.4) is 0 Å². The number of amides is 1. The van der Waals surface area contributed by atoms with Crippen LogP contribution in [0.1, 0.15) is 43.5 Å². The molecule has 1 aliphatic rings. The van der Waals surface area contributed by atoms with Crippen LogP contribution < -0.4 is 0 Å². The highest BCUT2D eigenvalue weighted by atomic mass is 16.3. The number of hydrogen-bond donors (Lipinski definition) is 1. The van der Waals surface area contributed by atoms with Crippen molar-refractivity contribution >= 4 is 5.91 Å². The van der Waals surface area contributed by atoms with Gasteiger partial charge in [-0.2, -0.15) is 0 Å². The Balaban J connectivity index is 2.04. The van der Waals surface area contributed by atoms with Gasteiger partial charge < -0.3 is 10.0 Å². The van der Waals surface area contributed by atoms with Crippen molar-refractivity contribution in [2.75, 3.05) is 13.1 Å². The number of piperidine rings is 1. The van der Waals surface area contributed by atoms with E-state index in [9.17, 15) is 9.90 Å². The molecule has 1 amide bonds. The zero-order chi connectivity index (χ0) is 13.2. The van der Waals surface area contributed by atoms with Gasteiger partial charge in [0.05, 0.1) is 11.8 Å². The average Bonchev–Trinajstić information content (AvgIpc) is 2.39. The fraction of sp³-hybridized carbons (Fsp3) is 0.571. The molecule has 0 radical (unpaired) electrons. The van der Waals surface area contributed by atoms with Crippen LogP contribution >= 0.6 is 0 Å². The van der Waals surface area contributed by atoms with Crippen LogP contribution in [0.15, 0.2) is 18.5 Å². The molecule has 1 aromatic rings. The van der Waals surface area contributed by atoms with Gasteiger partial charge in [0, 0.05) is 19.3 Å². The summed E-state index contributed by atoms with van der Waals surface area (Å²) in [5, 5.41) is 9.35. The molecule has 0 bridgehead atoms. The maximum Gasteiger partial charge on any atom is 0.255 e. The first-order valence-corrected chi connectivity index (χ1v) is 6.47. The van der Waals surface area contributed by atoms with Crippen molar-refractivity contribution in [2.24, 2.45) is 5.41 Å². The lowest BCUT2D eigenvalue weighted by atomic mass is 9.78. The van der Waals surface area contributed by atoms with Crippen LogP contribution in [-0.2, 0) is 0 Å². The van der Waals surface area contributed by atoms with Gasteiger partial charge in [-0.05, 0) is 24.3 Å². The Morgan fingerprint density at radius 3 is 2.67 bits per heavy atom. The SMILES string of the molecule is CCC1(C)CCN(C(=O)c2cncc(O)c2)CC1. The summed E-state index contributed by atoms with van der Waals surface area (Å²) in [6.45, 7) is 6.07. The second kappa shape index (κ2) is 4.96. The maximum atomic E-state index is 12.2. The number of aromatic hydroxyl groups is 1. The van der Waals surface area contributed by atoms with Gasteiger partial charge in [-0.15, -0.1) is 0 Å². The first kappa shape index (κ1) is 12.9. The summed E-state index contributed by atoms with van der Waals surface area (Å²) >= 11 is 0. The predicted octanol–water partition coefficient (Wildman–Crippen LogP) is 2.44. The van der Waals surface area contributed by atoms with Gasteiger partial charge in [-0.3, -0.25) is 9.78 Å². The molecule has 0 atom stereocenters. The minimum absolute atomic E-state index is 0.0310. The molecule has 98 valence electrons. The van der Waals surface area contributed by atoms with Gasteiger partial charge in [-0.25, -0.2) is 0 Å². The molecule has 1 aliphatic heterocycles. The highest BCUT2D eigenvalue weighted by Gasteiger charge is 2.30. The predicted molar refractivity (Wildman–Crippen MR) is 69.4 cm³/mol. The Kier molecular flexibility index (Phi) is 3.55. The average molecular weight is 248 g/mol. The summed E-state index contributed by atoms with van der Waals surface area (Å²) in [5.41, 5.74) is 0.837. The van der Waals surface area contributed by atoms with E-state index < -0.39 is 0 Å². The molecule has 0 spiro atoms. The molecular weight excluding hydrogens is 228 g/mol. The summed E-state index contributed by atoms with van der Waals surface area (Å²) in [6, 6.07) is 1.48. The number of nitrogens with zero attached hydrogens (tertiary/aromatic N) is 2. The summed E-state index contributed by atoms with van der Waals surface area (Å²) in [6.07, 6.45) is 6.09. The normalized spacial score (nSPS) is 18.7. The topological polar surface area (TPSA) is 53.4 Å². The molecule has 0 unspecified atom stereocenters. The minimum atomic E-state index is -0.0310. The Morgan fingerprint density at radius 2 is 2.11 bits per heavy atom. The fourth-order valence-electron chi connectivity index (χ4n) is 2.33. The molecule has 0 aromatic carbocycles. The van der Waals surface area contributed by atoms with Crippen molar-refractivity contribution in [2.45, 2.75) is 33.1 Å². The molecule has 1 N–H and O–H groups in total. The molecule has 1 aromatic heterocycles. The number of carbonyl (C=O) groups is 1. The number of carbonyl (C=O) groups excluding carboxylic acids is 1. The first-order valence-electron chi connectivity index (χ1n) is 6.47. The lowest BCUT2D eigenvalue weighted by Crippen LogP contribution is -2.41. The third-order valence-electron chi connectivity index (χ3n) is 4.08. The lowest BCUT2D eigenvalue weighted by molar-refractivity contribution is 0.0599. The smallest absolute Gasteiger partial charge is 0.255 e. The molecule has 4 nitrogen and oxygen atoms in total.